The second kappa shape index (κ2) is 6.26. The quantitative estimate of drug-likeness (QED) is 0.570. The predicted octanol–water partition coefficient (Wildman–Crippen LogP) is 2.01. The van der Waals surface area contributed by atoms with E-state index in [2.05, 4.69) is 20.5 Å². The van der Waals surface area contributed by atoms with Crippen LogP contribution in [0.5, 0.6) is 0 Å². The minimum absolute atomic E-state index is 0.402. The van der Waals surface area contributed by atoms with Gasteiger partial charge >= 0.3 is 0 Å². The van der Waals surface area contributed by atoms with Crippen molar-refractivity contribution in [2.24, 2.45) is 10.7 Å². The molecule has 22 heavy (non-hydrogen) atoms. The highest BCUT2D eigenvalue weighted by Crippen LogP contribution is 2.09. The fourth-order valence-electron chi connectivity index (χ4n) is 2.25. The van der Waals surface area contributed by atoms with E-state index < -0.39 is 0 Å². The van der Waals surface area contributed by atoms with Gasteiger partial charge in [0, 0.05) is 24.8 Å². The van der Waals surface area contributed by atoms with Gasteiger partial charge < -0.3 is 11.1 Å². The molecule has 2 heterocycles. The van der Waals surface area contributed by atoms with E-state index in [1.165, 1.54) is 5.56 Å². The number of nitrogens with one attached hydrogen (secondary N) is 1. The zero-order chi connectivity index (χ0) is 15.4. The minimum atomic E-state index is 0.402. The Kier molecular flexibility index (Phi) is 4.00. The summed E-state index contributed by atoms with van der Waals surface area (Å²) in [7, 11) is 0. The first-order valence-corrected chi connectivity index (χ1v) is 7.14. The Labute approximate surface area is 128 Å². The summed E-state index contributed by atoms with van der Waals surface area (Å²) in [6.45, 7) is 2.59. The van der Waals surface area contributed by atoms with Crippen molar-refractivity contribution >= 4 is 17.3 Å². The maximum absolute atomic E-state index is 5.90. The van der Waals surface area contributed by atoms with Gasteiger partial charge in [-0.25, -0.2) is 0 Å². The molecule has 0 unspecified atom stereocenters. The van der Waals surface area contributed by atoms with Crippen LogP contribution < -0.4 is 11.1 Å². The van der Waals surface area contributed by atoms with Crippen molar-refractivity contribution in [3.05, 3.63) is 60.0 Å². The van der Waals surface area contributed by atoms with Crippen LogP contribution in [-0.4, -0.2) is 27.1 Å². The number of anilines is 1. The molecule has 0 aliphatic rings. The van der Waals surface area contributed by atoms with Crippen LogP contribution in [0.4, 0.5) is 5.69 Å². The van der Waals surface area contributed by atoms with Crippen LogP contribution in [-0.2, 0) is 6.42 Å². The van der Waals surface area contributed by atoms with Gasteiger partial charge in [0.2, 0.25) is 0 Å². The molecule has 2 aromatic heterocycles. The molecular formula is C16H18N6. The Morgan fingerprint density at radius 2 is 2.14 bits per heavy atom. The van der Waals surface area contributed by atoms with E-state index in [0.717, 1.165) is 17.2 Å². The normalized spacial score (nSPS) is 11.8. The molecule has 0 bridgehead atoms. The van der Waals surface area contributed by atoms with Crippen LogP contribution in [0.25, 0.3) is 5.65 Å². The zero-order valence-corrected chi connectivity index (χ0v) is 12.4. The summed E-state index contributed by atoms with van der Waals surface area (Å²) in [5.74, 6) is 1.28. The fraction of sp³-hybridized carbons (Fsp3) is 0.188. The van der Waals surface area contributed by atoms with Crippen LogP contribution in [0.2, 0.25) is 0 Å². The smallest absolute Gasteiger partial charge is 0.193 e. The lowest BCUT2D eigenvalue weighted by atomic mass is 10.2. The van der Waals surface area contributed by atoms with Crippen LogP contribution in [0, 0.1) is 6.92 Å². The third-order valence-electron chi connectivity index (χ3n) is 3.29. The molecule has 3 aromatic rings. The second-order valence-electron chi connectivity index (χ2n) is 5.06. The molecule has 0 saturated carbocycles. The number of fused-ring (bicyclic) bond motifs is 1. The summed E-state index contributed by atoms with van der Waals surface area (Å²) in [5, 5.41) is 11.4. The number of rotatable bonds is 4. The van der Waals surface area contributed by atoms with E-state index in [0.29, 0.717) is 18.9 Å². The summed E-state index contributed by atoms with van der Waals surface area (Å²) < 4.78 is 1.96. The van der Waals surface area contributed by atoms with Crippen molar-refractivity contribution in [2.45, 2.75) is 13.3 Å². The first-order chi connectivity index (χ1) is 10.7. The monoisotopic (exact) mass is 294 g/mol. The maximum Gasteiger partial charge on any atom is 0.193 e. The van der Waals surface area contributed by atoms with Gasteiger partial charge in [-0.2, -0.15) is 0 Å². The van der Waals surface area contributed by atoms with Crippen LogP contribution in [0.1, 0.15) is 11.4 Å². The number of nitrogens with two attached hydrogens (primary N) is 1. The van der Waals surface area contributed by atoms with Crippen molar-refractivity contribution in [3.8, 4) is 0 Å². The van der Waals surface area contributed by atoms with Crippen molar-refractivity contribution in [1.29, 1.82) is 0 Å². The van der Waals surface area contributed by atoms with E-state index in [-0.39, 0.29) is 0 Å². The molecule has 3 N–H and O–H groups in total. The maximum atomic E-state index is 5.90. The van der Waals surface area contributed by atoms with E-state index in [1.807, 2.05) is 60.0 Å². The Hall–Kier alpha value is -2.89. The number of aromatic nitrogens is 3. The summed E-state index contributed by atoms with van der Waals surface area (Å²) in [6, 6.07) is 13.8. The largest absolute Gasteiger partial charge is 0.370 e. The third-order valence-corrected chi connectivity index (χ3v) is 3.29. The average Bonchev–Trinajstić information content (AvgIpc) is 2.91. The van der Waals surface area contributed by atoms with Crippen LogP contribution in [0.3, 0.4) is 0 Å². The molecule has 0 amide bonds. The van der Waals surface area contributed by atoms with Crippen molar-refractivity contribution in [2.75, 3.05) is 11.9 Å². The Morgan fingerprint density at radius 1 is 1.23 bits per heavy atom. The highest BCUT2D eigenvalue weighted by Gasteiger charge is 2.03. The molecule has 6 heteroatoms. The number of guanidine groups is 1. The van der Waals surface area contributed by atoms with Gasteiger partial charge in [-0.1, -0.05) is 18.2 Å². The molecule has 0 aliphatic carbocycles. The zero-order valence-electron chi connectivity index (χ0n) is 12.4. The standard InChI is InChI=1S/C16H18N6/c1-12-5-4-6-13(11-12)19-16(17)18-9-8-15-21-20-14-7-2-3-10-22(14)15/h2-7,10-11H,8-9H2,1H3,(H3,17,18,19). The molecule has 3 rings (SSSR count). The first kappa shape index (κ1) is 14.1. The highest BCUT2D eigenvalue weighted by atomic mass is 15.2. The second-order valence-corrected chi connectivity index (χ2v) is 5.06. The molecule has 0 aliphatic heterocycles. The van der Waals surface area contributed by atoms with Crippen LogP contribution >= 0.6 is 0 Å². The van der Waals surface area contributed by atoms with E-state index in [9.17, 15) is 0 Å². The molecule has 0 atom stereocenters. The molecule has 0 spiro atoms. The number of aliphatic imine (C=N–C) groups is 1. The number of benzene rings is 1. The Morgan fingerprint density at radius 3 is 3.00 bits per heavy atom. The van der Waals surface area contributed by atoms with Gasteiger partial charge in [0.1, 0.15) is 5.82 Å². The SMILES string of the molecule is Cc1cccc(NC(N)=NCCc2nnc3ccccn23)c1. The highest BCUT2D eigenvalue weighted by molar-refractivity contribution is 5.92. The van der Waals surface area contributed by atoms with Crippen LogP contribution in [0.15, 0.2) is 53.7 Å². The Balaban J connectivity index is 1.62. The molecular weight excluding hydrogens is 276 g/mol. The summed E-state index contributed by atoms with van der Waals surface area (Å²) in [6.07, 6.45) is 2.63. The summed E-state index contributed by atoms with van der Waals surface area (Å²) in [5.41, 5.74) is 8.86. The van der Waals surface area contributed by atoms with Crippen molar-refractivity contribution in [3.63, 3.8) is 0 Å². The number of aryl methyl sites for hydroxylation is 1. The lowest BCUT2D eigenvalue weighted by molar-refractivity contribution is 0.847. The topological polar surface area (TPSA) is 80.6 Å². The molecule has 0 saturated heterocycles. The van der Waals surface area contributed by atoms with E-state index in [4.69, 9.17) is 5.73 Å². The third kappa shape index (κ3) is 3.22. The molecule has 6 nitrogen and oxygen atoms in total. The molecule has 0 fully saturated rings. The van der Waals surface area contributed by atoms with Gasteiger partial charge in [-0.05, 0) is 36.8 Å². The van der Waals surface area contributed by atoms with Gasteiger partial charge in [0.15, 0.2) is 11.6 Å². The number of hydrogen-bond acceptors (Lipinski definition) is 3. The summed E-state index contributed by atoms with van der Waals surface area (Å²) in [4.78, 5) is 4.33. The lowest BCUT2D eigenvalue weighted by Crippen LogP contribution is -2.23. The lowest BCUT2D eigenvalue weighted by Gasteiger charge is -2.06. The van der Waals surface area contributed by atoms with Gasteiger partial charge in [-0.3, -0.25) is 9.39 Å². The molecule has 1 aromatic carbocycles. The van der Waals surface area contributed by atoms with E-state index in [1.54, 1.807) is 0 Å². The Bertz CT molecular complexity index is 805. The van der Waals surface area contributed by atoms with Crippen molar-refractivity contribution < 1.29 is 0 Å². The van der Waals surface area contributed by atoms with Gasteiger partial charge in [-0.15, -0.1) is 10.2 Å². The number of pyridine rings is 1. The molecule has 112 valence electrons. The summed E-state index contributed by atoms with van der Waals surface area (Å²) >= 11 is 0. The fourth-order valence-corrected chi connectivity index (χ4v) is 2.25. The predicted molar refractivity (Wildman–Crippen MR) is 88.0 cm³/mol. The minimum Gasteiger partial charge on any atom is -0.370 e. The van der Waals surface area contributed by atoms with Crippen molar-refractivity contribution in [1.82, 2.24) is 14.6 Å². The molecule has 0 radical (unpaired) electrons. The van der Waals surface area contributed by atoms with Gasteiger partial charge in [0.05, 0.1) is 0 Å². The number of nitrogens with zero attached hydrogens (tertiary/aromatic N) is 4. The first-order valence-electron chi connectivity index (χ1n) is 7.14. The van der Waals surface area contributed by atoms with Gasteiger partial charge in [0.25, 0.3) is 0 Å². The average molecular weight is 294 g/mol. The number of hydrogen-bond donors (Lipinski definition) is 2. The van der Waals surface area contributed by atoms with E-state index >= 15 is 0 Å².